The summed E-state index contributed by atoms with van der Waals surface area (Å²) in [5, 5.41) is 3.82. The van der Waals surface area contributed by atoms with E-state index in [1.807, 2.05) is 11.8 Å². The van der Waals surface area contributed by atoms with Crippen molar-refractivity contribution in [1.82, 2.24) is 10.7 Å². The van der Waals surface area contributed by atoms with Crippen molar-refractivity contribution in [3.05, 3.63) is 0 Å². The zero-order valence-corrected chi connectivity index (χ0v) is 10.7. The van der Waals surface area contributed by atoms with E-state index in [0.29, 0.717) is 11.2 Å². The van der Waals surface area contributed by atoms with Crippen molar-refractivity contribution in [3.63, 3.8) is 0 Å². The lowest BCUT2D eigenvalue weighted by Crippen LogP contribution is -2.42. The van der Waals surface area contributed by atoms with Crippen molar-refractivity contribution in [2.45, 2.75) is 24.5 Å². The van der Waals surface area contributed by atoms with Gasteiger partial charge in [0.2, 0.25) is 5.96 Å². The number of aliphatic imine (C=N–C) groups is 1. The number of guanidine groups is 1. The molecule has 1 aliphatic heterocycles. The number of methoxy groups -OCH3 is 1. The number of ether oxygens (including phenoxy) is 1. The van der Waals surface area contributed by atoms with Crippen LogP contribution in [0.15, 0.2) is 4.99 Å². The molecule has 0 aromatic rings. The predicted molar refractivity (Wildman–Crippen MR) is 69.6 cm³/mol. The summed E-state index contributed by atoms with van der Waals surface area (Å²) < 4.78 is 4.96. The fourth-order valence-corrected chi connectivity index (χ4v) is 2.74. The summed E-state index contributed by atoms with van der Waals surface area (Å²) in [7, 11) is 1.70. The minimum Gasteiger partial charge on any atom is -0.385 e. The highest BCUT2D eigenvalue weighted by atomic mass is 32.2. The zero-order chi connectivity index (χ0) is 11.6. The molecule has 1 rings (SSSR count). The maximum atomic E-state index is 5.39. The first-order chi connectivity index (χ1) is 7.86. The van der Waals surface area contributed by atoms with Gasteiger partial charge in [-0.2, -0.15) is 11.8 Å². The molecule has 94 valence electrons. The second kappa shape index (κ2) is 8.66. The molecule has 0 spiro atoms. The Labute approximate surface area is 102 Å². The van der Waals surface area contributed by atoms with Gasteiger partial charge in [0.15, 0.2) is 0 Å². The molecular formula is C10H22N4OS. The van der Waals surface area contributed by atoms with Crippen molar-refractivity contribution in [2.75, 3.05) is 32.6 Å². The second-order valence-corrected chi connectivity index (χ2v) is 5.15. The lowest BCUT2D eigenvalue weighted by molar-refractivity contribution is 0.195. The summed E-state index contributed by atoms with van der Waals surface area (Å²) in [5.41, 5.74) is 2.59. The molecule has 1 unspecified atom stereocenters. The van der Waals surface area contributed by atoms with Gasteiger partial charge in [0.05, 0.1) is 6.54 Å². The molecule has 5 nitrogen and oxygen atoms in total. The molecule has 1 heterocycles. The number of rotatable bonds is 6. The Hall–Kier alpha value is -0.460. The molecule has 0 radical (unpaired) electrons. The van der Waals surface area contributed by atoms with Crippen LogP contribution in [-0.2, 0) is 4.74 Å². The summed E-state index contributed by atoms with van der Waals surface area (Å²) in [5.74, 6) is 7.35. The minimum atomic E-state index is 0.670. The summed E-state index contributed by atoms with van der Waals surface area (Å²) >= 11 is 2.00. The molecule has 0 saturated carbocycles. The molecular weight excluding hydrogens is 224 g/mol. The van der Waals surface area contributed by atoms with E-state index >= 15 is 0 Å². The molecule has 0 aromatic carbocycles. The van der Waals surface area contributed by atoms with Gasteiger partial charge in [-0.15, -0.1) is 0 Å². The number of nitrogens with zero attached hydrogens (tertiary/aromatic N) is 1. The third-order valence-electron chi connectivity index (χ3n) is 2.43. The summed E-state index contributed by atoms with van der Waals surface area (Å²) in [6.45, 7) is 2.43. The number of hydrogen-bond acceptors (Lipinski definition) is 4. The number of hydrazine groups is 1. The van der Waals surface area contributed by atoms with Crippen LogP contribution in [0.1, 0.15) is 19.3 Å². The molecule has 1 fully saturated rings. The van der Waals surface area contributed by atoms with Gasteiger partial charge in [-0.1, -0.05) is 0 Å². The highest BCUT2D eigenvalue weighted by Crippen LogP contribution is 2.25. The lowest BCUT2D eigenvalue weighted by Gasteiger charge is -2.10. The maximum absolute atomic E-state index is 5.39. The largest absolute Gasteiger partial charge is 0.385 e. The SMILES string of the molecule is COCCCNC(=NCC1CCCS1)NN. The molecule has 16 heavy (non-hydrogen) atoms. The Balaban J connectivity index is 2.15. The van der Waals surface area contributed by atoms with Crippen molar-refractivity contribution in [2.24, 2.45) is 10.8 Å². The van der Waals surface area contributed by atoms with Crippen LogP contribution < -0.4 is 16.6 Å². The first-order valence-corrected chi connectivity index (χ1v) is 6.77. The number of hydrogen-bond donors (Lipinski definition) is 3. The van der Waals surface area contributed by atoms with E-state index < -0.39 is 0 Å². The molecule has 6 heteroatoms. The highest BCUT2D eigenvalue weighted by molar-refractivity contribution is 8.00. The van der Waals surface area contributed by atoms with Gasteiger partial charge in [0, 0.05) is 25.5 Å². The van der Waals surface area contributed by atoms with Crippen molar-refractivity contribution in [1.29, 1.82) is 0 Å². The van der Waals surface area contributed by atoms with Crippen LogP contribution in [0.25, 0.3) is 0 Å². The van der Waals surface area contributed by atoms with Gasteiger partial charge in [-0.05, 0) is 25.0 Å². The third-order valence-corrected chi connectivity index (χ3v) is 3.81. The van der Waals surface area contributed by atoms with Crippen LogP contribution in [0.4, 0.5) is 0 Å². The number of thioether (sulfide) groups is 1. The van der Waals surface area contributed by atoms with Crippen LogP contribution in [0.2, 0.25) is 0 Å². The molecule has 0 aromatic heterocycles. The minimum absolute atomic E-state index is 0.670. The van der Waals surface area contributed by atoms with Crippen LogP contribution in [0.5, 0.6) is 0 Å². The monoisotopic (exact) mass is 246 g/mol. The Bertz CT molecular complexity index is 207. The Morgan fingerprint density at radius 2 is 2.50 bits per heavy atom. The first kappa shape index (κ1) is 13.6. The van der Waals surface area contributed by atoms with Gasteiger partial charge < -0.3 is 10.1 Å². The average Bonchev–Trinajstić information content (AvgIpc) is 2.81. The summed E-state index contributed by atoms with van der Waals surface area (Å²) in [4.78, 5) is 4.43. The van der Waals surface area contributed by atoms with Crippen LogP contribution >= 0.6 is 11.8 Å². The van der Waals surface area contributed by atoms with E-state index in [4.69, 9.17) is 10.6 Å². The van der Waals surface area contributed by atoms with Crippen molar-refractivity contribution >= 4 is 17.7 Å². The molecule has 1 aliphatic rings. The van der Waals surface area contributed by atoms with E-state index in [0.717, 1.165) is 26.1 Å². The molecule has 0 aliphatic carbocycles. The number of nitrogens with one attached hydrogen (secondary N) is 2. The maximum Gasteiger partial charge on any atom is 0.205 e. The molecule has 4 N–H and O–H groups in total. The highest BCUT2D eigenvalue weighted by Gasteiger charge is 2.14. The van der Waals surface area contributed by atoms with Crippen molar-refractivity contribution in [3.8, 4) is 0 Å². The Morgan fingerprint density at radius 1 is 1.62 bits per heavy atom. The van der Waals surface area contributed by atoms with Gasteiger partial charge in [0.1, 0.15) is 0 Å². The second-order valence-electron chi connectivity index (χ2n) is 3.74. The standard InChI is InChI=1S/C10H22N4OS/c1-15-6-3-5-12-10(14-11)13-8-9-4-2-7-16-9/h9H,2-8,11H2,1H3,(H2,12,13,14). The van der Waals surface area contributed by atoms with Gasteiger partial charge in [-0.3, -0.25) is 10.4 Å². The Morgan fingerprint density at radius 3 is 3.12 bits per heavy atom. The molecule has 1 saturated heterocycles. The van der Waals surface area contributed by atoms with E-state index in [1.54, 1.807) is 7.11 Å². The molecule has 0 amide bonds. The number of nitrogens with two attached hydrogens (primary N) is 1. The topological polar surface area (TPSA) is 71.7 Å². The average molecular weight is 246 g/mol. The lowest BCUT2D eigenvalue weighted by atomic mass is 10.2. The van der Waals surface area contributed by atoms with E-state index in [-0.39, 0.29) is 0 Å². The van der Waals surface area contributed by atoms with Crippen LogP contribution in [-0.4, -0.2) is 43.8 Å². The fourth-order valence-electron chi connectivity index (χ4n) is 1.56. The molecule has 1 atom stereocenters. The van der Waals surface area contributed by atoms with E-state index in [9.17, 15) is 0 Å². The summed E-state index contributed by atoms with van der Waals surface area (Å²) in [6.07, 6.45) is 3.54. The molecule has 0 bridgehead atoms. The summed E-state index contributed by atoms with van der Waals surface area (Å²) in [6, 6.07) is 0. The smallest absolute Gasteiger partial charge is 0.205 e. The Kier molecular flexibility index (Phi) is 7.37. The van der Waals surface area contributed by atoms with Crippen molar-refractivity contribution < 1.29 is 4.74 Å². The van der Waals surface area contributed by atoms with E-state index in [1.165, 1.54) is 18.6 Å². The predicted octanol–water partition coefficient (Wildman–Crippen LogP) is 0.327. The van der Waals surface area contributed by atoms with Crippen LogP contribution in [0, 0.1) is 0 Å². The van der Waals surface area contributed by atoms with Crippen LogP contribution in [0.3, 0.4) is 0 Å². The third kappa shape index (κ3) is 5.58. The van der Waals surface area contributed by atoms with Gasteiger partial charge in [-0.25, -0.2) is 5.84 Å². The zero-order valence-electron chi connectivity index (χ0n) is 9.87. The quantitative estimate of drug-likeness (QED) is 0.207. The van der Waals surface area contributed by atoms with Gasteiger partial charge >= 0.3 is 0 Å². The van der Waals surface area contributed by atoms with E-state index in [2.05, 4.69) is 15.7 Å². The fraction of sp³-hybridized carbons (Fsp3) is 0.900. The van der Waals surface area contributed by atoms with Gasteiger partial charge in [0.25, 0.3) is 0 Å². The normalized spacial score (nSPS) is 21.1. The first-order valence-electron chi connectivity index (χ1n) is 5.72.